The van der Waals surface area contributed by atoms with Gasteiger partial charge in [0.1, 0.15) is 5.82 Å². The van der Waals surface area contributed by atoms with Crippen molar-refractivity contribution in [3.63, 3.8) is 0 Å². The van der Waals surface area contributed by atoms with Crippen LogP contribution in [0.5, 0.6) is 0 Å². The highest BCUT2D eigenvalue weighted by Gasteiger charge is 2.05. The molecule has 104 valence electrons. The Hall–Kier alpha value is -2.36. The summed E-state index contributed by atoms with van der Waals surface area (Å²) in [6, 6.07) is 12.6. The van der Waals surface area contributed by atoms with Gasteiger partial charge in [-0.15, -0.1) is 0 Å². The third-order valence-corrected chi connectivity index (χ3v) is 3.10. The molecule has 0 heterocycles. The van der Waals surface area contributed by atoms with Crippen LogP contribution >= 0.6 is 0 Å². The first kappa shape index (κ1) is 14.1. The number of hydrogen-bond acceptors (Lipinski definition) is 2. The molecule has 0 aliphatic heterocycles. The van der Waals surface area contributed by atoms with Crippen LogP contribution < -0.4 is 11.1 Å². The molecule has 2 aromatic carbocycles. The molecule has 0 saturated carbocycles. The molecule has 0 saturated heterocycles. The van der Waals surface area contributed by atoms with Gasteiger partial charge in [-0.1, -0.05) is 30.3 Å². The van der Waals surface area contributed by atoms with Crippen LogP contribution in [0.3, 0.4) is 0 Å². The Morgan fingerprint density at radius 2 is 2.00 bits per heavy atom. The minimum Gasteiger partial charge on any atom is -0.381 e. The van der Waals surface area contributed by atoms with Crippen LogP contribution in [0.1, 0.15) is 16.7 Å². The van der Waals surface area contributed by atoms with Crippen molar-refractivity contribution >= 4 is 11.6 Å². The maximum absolute atomic E-state index is 13.5. The molecule has 0 radical (unpaired) electrons. The molecule has 0 aromatic heterocycles. The van der Waals surface area contributed by atoms with Gasteiger partial charge in [0.25, 0.3) is 0 Å². The van der Waals surface area contributed by atoms with Crippen molar-refractivity contribution in [2.75, 3.05) is 5.32 Å². The van der Waals surface area contributed by atoms with Crippen molar-refractivity contribution in [1.82, 2.24) is 0 Å². The molecular formula is C16H17FN2O. The molecule has 3 N–H and O–H groups in total. The molecule has 0 unspecified atom stereocenters. The quantitative estimate of drug-likeness (QED) is 0.879. The van der Waals surface area contributed by atoms with Gasteiger partial charge < -0.3 is 11.1 Å². The average molecular weight is 272 g/mol. The first-order valence-electron chi connectivity index (χ1n) is 6.41. The van der Waals surface area contributed by atoms with Gasteiger partial charge in [0.2, 0.25) is 5.91 Å². The number of nitrogens with two attached hydrogens (primary N) is 1. The van der Waals surface area contributed by atoms with E-state index >= 15 is 0 Å². The van der Waals surface area contributed by atoms with Crippen molar-refractivity contribution in [2.24, 2.45) is 5.73 Å². The van der Waals surface area contributed by atoms with Crippen molar-refractivity contribution in [3.8, 4) is 0 Å². The van der Waals surface area contributed by atoms with Gasteiger partial charge >= 0.3 is 0 Å². The van der Waals surface area contributed by atoms with E-state index in [1.165, 1.54) is 6.07 Å². The molecule has 4 heteroatoms. The van der Waals surface area contributed by atoms with E-state index in [9.17, 15) is 9.18 Å². The van der Waals surface area contributed by atoms with Crippen LogP contribution in [0.25, 0.3) is 0 Å². The summed E-state index contributed by atoms with van der Waals surface area (Å²) in [7, 11) is 0. The van der Waals surface area contributed by atoms with Crippen LogP contribution in [0.15, 0.2) is 42.5 Å². The molecule has 0 fully saturated rings. The van der Waals surface area contributed by atoms with E-state index in [2.05, 4.69) is 5.32 Å². The highest BCUT2D eigenvalue weighted by Crippen LogP contribution is 2.17. The number of nitrogens with one attached hydrogen (secondary N) is 1. The van der Waals surface area contributed by atoms with Gasteiger partial charge in [0.05, 0.1) is 6.42 Å². The lowest BCUT2D eigenvalue weighted by atomic mass is 10.1. The van der Waals surface area contributed by atoms with Crippen LogP contribution in [0.4, 0.5) is 10.1 Å². The van der Waals surface area contributed by atoms with E-state index in [1.807, 2.05) is 30.3 Å². The minimum absolute atomic E-state index is 0.186. The molecule has 0 aliphatic rings. The summed E-state index contributed by atoms with van der Waals surface area (Å²) in [5.74, 6) is -0.588. The summed E-state index contributed by atoms with van der Waals surface area (Å²) in [6.45, 7) is 2.22. The lowest BCUT2D eigenvalue weighted by Gasteiger charge is -2.11. The summed E-state index contributed by atoms with van der Waals surface area (Å²) in [6.07, 6.45) is 0.186. The highest BCUT2D eigenvalue weighted by atomic mass is 19.1. The van der Waals surface area contributed by atoms with Crippen LogP contribution in [-0.2, 0) is 17.8 Å². The molecule has 1 amide bonds. The number of benzene rings is 2. The second-order valence-electron chi connectivity index (χ2n) is 4.74. The second-order valence-corrected chi connectivity index (χ2v) is 4.74. The average Bonchev–Trinajstić information content (AvgIpc) is 2.41. The Morgan fingerprint density at radius 1 is 1.25 bits per heavy atom. The zero-order valence-electron chi connectivity index (χ0n) is 11.3. The smallest absolute Gasteiger partial charge is 0.221 e. The topological polar surface area (TPSA) is 55.1 Å². The molecule has 2 rings (SSSR count). The fourth-order valence-corrected chi connectivity index (χ4v) is 1.98. The summed E-state index contributed by atoms with van der Waals surface area (Å²) in [5.41, 5.74) is 8.38. The number of aryl methyl sites for hydroxylation is 1. The third kappa shape index (κ3) is 3.57. The van der Waals surface area contributed by atoms with Gasteiger partial charge in [-0.25, -0.2) is 4.39 Å². The Balaban J connectivity index is 2.10. The fraction of sp³-hybridized carbons (Fsp3) is 0.188. The van der Waals surface area contributed by atoms with Crippen LogP contribution in [0, 0.1) is 12.7 Å². The van der Waals surface area contributed by atoms with Gasteiger partial charge in [-0.2, -0.15) is 0 Å². The van der Waals surface area contributed by atoms with Crippen LogP contribution in [-0.4, -0.2) is 5.91 Å². The Morgan fingerprint density at radius 3 is 2.70 bits per heavy atom. The largest absolute Gasteiger partial charge is 0.381 e. The summed E-state index contributed by atoms with van der Waals surface area (Å²) >= 11 is 0. The van der Waals surface area contributed by atoms with Crippen molar-refractivity contribution in [2.45, 2.75) is 19.9 Å². The predicted octanol–water partition coefficient (Wildman–Crippen LogP) is 2.77. The van der Waals surface area contributed by atoms with Gasteiger partial charge in [-0.05, 0) is 35.7 Å². The molecule has 20 heavy (non-hydrogen) atoms. The Bertz CT molecular complexity index is 626. The number of halogens is 1. The van der Waals surface area contributed by atoms with E-state index in [0.717, 1.165) is 16.8 Å². The number of primary amides is 1. The van der Waals surface area contributed by atoms with Gasteiger partial charge in [0, 0.05) is 12.2 Å². The Kier molecular flexibility index (Phi) is 4.35. The zero-order chi connectivity index (χ0) is 14.5. The van der Waals surface area contributed by atoms with E-state index < -0.39 is 0 Å². The summed E-state index contributed by atoms with van der Waals surface area (Å²) < 4.78 is 13.5. The van der Waals surface area contributed by atoms with Crippen LogP contribution in [0.2, 0.25) is 0 Å². The summed E-state index contributed by atoms with van der Waals surface area (Å²) in [4.78, 5) is 11.0. The standard InChI is InChI=1S/C16H17FN2O/c1-11-6-7-12(8-14(11)17)10-19-15-5-3-2-4-13(15)9-16(18)20/h2-8,19H,9-10H2,1H3,(H2,18,20). The number of rotatable bonds is 5. The van der Waals surface area contributed by atoms with E-state index in [4.69, 9.17) is 5.73 Å². The van der Waals surface area contributed by atoms with E-state index in [-0.39, 0.29) is 18.1 Å². The minimum atomic E-state index is -0.374. The monoisotopic (exact) mass is 272 g/mol. The van der Waals surface area contributed by atoms with Crippen molar-refractivity contribution in [3.05, 3.63) is 65.0 Å². The lowest BCUT2D eigenvalue weighted by molar-refractivity contribution is -0.117. The number of carbonyl (C=O) groups is 1. The molecule has 2 aromatic rings. The maximum Gasteiger partial charge on any atom is 0.221 e. The van der Waals surface area contributed by atoms with Crippen molar-refractivity contribution in [1.29, 1.82) is 0 Å². The molecule has 0 spiro atoms. The summed E-state index contributed by atoms with van der Waals surface area (Å²) in [5, 5.41) is 3.21. The number of amides is 1. The number of anilines is 1. The van der Waals surface area contributed by atoms with E-state index in [1.54, 1.807) is 13.0 Å². The molecule has 0 bridgehead atoms. The molecular weight excluding hydrogens is 255 g/mol. The normalized spacial score (nSPS) is 10.3. The Labute approximate surface area is 117 Å². The number of para-hydroxylation sites is 1. The predicted molar refractivity (Wildman–Crippen MR) is 77.8 cm³/mol. The van der Waals surface area contributed by atoms with Crippen molar-refractivity contribution < 1.29 is 9.18 Å². The first-order chi connectivity index (χ1) is 9.56. The van der Waals surface area contributed by atoms with Gasteiger partial charge in [-0.3, -0.25) is 4.79 Å². The molecule has 0 aliphatic carbocycles. The third-order valence-electron chi connectivity index (χ3n) is 3.10. The number of hydrogen-bond donors (Lipinski definition) is 2. The molecule has 0 atom stereocenters. The highest BCUT2D eigenvalue weighted by molar-refractivity contribution is 5.78. The second kappa shape index (κ2) is 6.19. The number of carbonyl (C=O) groups excluding carboxylic acids is 1. The lowest BCUT2D eigenvalue weighted by Crippen LogP contribution is -2.15. The fourth-order valence-electron chi connectivity index (χ4n) is 1.98. The zero-order valence-corrected chi connectivity index (χ0v) is 11.3. The maximum atomic E-state index is 13.5. The first-order valence-corrected chi connectivity index (χ1v) is 6.41. The van der Waals surface area contributed by atoms with Gasteiger partial charge in [0.15, 0.2) is 0 Å². The molecule has 3 nitrogen and oxygen atoms in total. The van der Waals surface area contributed by atoms with E-state index in [0.29, 0.717) is 12.1 Å². The SMILES string of the molecule is Cc1ccc(CNc2ccccc2CC(N)=O)cc1F.